The normalized spacial score (nSPS) is 11.7. The first-order valence-electron chi connectivity index (χ1n) is 6.35. The van der Waals surface area contributed by atoms with Crippen molar-refractivity contribution in [3.63, 3.8) is 0 Å². The summed E-state index contributed by atoms with van der Waals surface area (Å²) in [6.07, 6.45) is 4.55. The second-order valence-electron chi connectivity index (χ2n) is 4.58. The van der Waals surface area contributed by atoms with Crippen LogP contribution < -0.4 is 4.72 Å². The SMILES string of the molecule is Cc1cc(S(=O)(=O)NCCCn2cccc2)ccc1F. The molecule has 1 aromatic heterocycles. The summed E-state index contributed by atoms with van der Waals surface area (Å²) in [6, 6.07) is 7.63. The van der Waals surface area contributed by atoms with Gasteiger partial charge in [-0.15, -0.1) is 0 Å². The molecule has 0 amide bonds. The molecule has 0 spiro atoms. The summed E-state index contributed by atoms with van der Waals surface area (Å²) < 4.78 is 41.7. The van der Waals surface area contributed by atoms with E-state index in [4.69, 9.17) is 0 Å². The number of nitrogens with zero attached hydrogens (tertiary/aromatic N) is 1. The Hall–Kier alpha value is -1.66. The predicted octanol–water partition coefficient (Wildman–Crippen LogP) is 2.30. The Kier molecular flexibility index (Phi) is 4.57. The molecule has 0 unspecified atom stereocenters. The number of aryl methyl sites for hydroxylation is 2. The highest BCUT2D eigenvalue weighted by Gasteiger charge is 2.14. The van der Waals surface area contributed by atoms with Crippen LogP contribution in [0.2, 0.25) is 0 Å². The van der Waals surface area contributed by atoms with E-state index in [0.29, 0.717) is 18.5 Å². The molecule has 2 aromatic rings. The molecule has 1 heterocycles. The molecule has 0 bridgehead atoms. The van der Waals surface area contributed by atoms with Crippen LogP contribution in [0.4, 0.5) is 4.39 Å². The molecule has 6 heteroatoms. The number of hydrogen-bond donors (Lipinski definition) is 1. The van der Waals surface area contributed by atoms with Crippen LogP contribution in [0.25, 0.3) is 0 Å². The zero-order valence-corrected chi connectivity index (χ0v) is 12.0. The average Bonchev–Trinajstić information content (AvgIpc) is 2.91. The number of sulfonamides is 1. The van der Waals surface area contributed by atoms with Crippen molar-refractivity contribution in [2.45, 2.75) is 24.8 Å². The lowest BCUT2D eigenvalue weighted by Crippen LogP contribution is -2.25. The molecule has 0 atom stereocenters. The maximum absolute atomic E-state index is 13.1. The van der Waals surface area contributed by atoms with Crippen LogP contribution in [0.1, 0.15) is 12.0 Å². The monoisotopic (exact) mass is 296 g/mol. The van der Waals surface area contributed by atoms with Gasteiger partial charge in [0.1, 0.15) is 5.82 Å². The van der Waals surface area contributed by atoms with Gasteiger partial charge in [-0.05, 0) is 49.2 Å². The van der Waals surface area contributed by atoms with Gasteiger partial charge in [-0.3, -0.25) is 0 Å². The number of halogens is 1. The smallest absolute Gasteiger partial charge is 0.240 e. The predicted molar refractivity (Wildman–Crippen MR) is 75.4 cm³/mol. The molecule has 0 saturated heterocycles. The Bertz CT molecular complexity index is 666. The molecule has 0 aliphatic rings. The first kappa shape index (κ1) is 14.7. The van der Waals surface area contributed by atoms with Crippen molar-refractivity contribution >= 4 is 10.0 Å². The summed E-state index contributed by atoms with van der Waals surface area (Å²) in [5.74, 6) is -0.406. The Morgan fingerprint density at radius 2 is 1.95 bits per heavy atom. The second-order valence-corrected chi connectivity index (χ2v) is 6.35. The lowest BCUT2D eigenvalue weighted by molar-refractivity contribution is 0.569. The minimum atomic E-state index is -3.57. The summed E-state index contributed by atoms with van der Waals surface area (Å²) in [5.41, 5.74) is 0.320. The van der Waals surface area contributed by atoms with E-state index in [1.165, 1.54) is 18.2 Å². The molecule has 20 heavy (non-hydrogen) atoms. The second kappa shape index (κ2) is 6.19. The number of benzene rings is 1. The zero-order valence-electron chi connectivity index (χ0n) is 11.2. The highest BCUT2D eigenvalue weighted by molar-refractivity contribution is 7.89. The van der Waals surface area contributed by atoms with Gasteiger partial charge in [-0.1, -0.05) is 0 Å². The quantitative estimate of drug-likeness (QED) is 0.832. The van der Waals surface area contributed by atoms with Gasteiger partial charge in [0.25, 0.3) is 0 Å². The van der Waals surface area contributed by atoms with E-state index in [2.05, 4.69) is 4.72 Å². The number of nitrogens with one attached hydrogen (secondary N) is 1. The highest BCUT2D eigenvalue weighted by Crippen LogP contribution is 2.13. The fraction of sp³-hybridized carbons (Fsp3) is 0.286. The van der Waals surface area contributed by atoms with Crippen LogP contribution in [-0.2, 0) is 16.6 Å². The summed E-state index contributed by atoms with van der Waals surface area (Å²) in [4.78, 5) is 0.0948. The van der Waals surface area contributed by atoms with Crippen molar-refractivity contribution < 1.29 is 12.8 Å². The van der Waals surface area contributed by atoms with Gasteiger partial charge in [0.15, 0.2) is 0 Å². The van der Waals surface area contributed by atoms with Crippen LogP contribution in [0.3, 0.4) is 0 Å². The van der Waals surface area contributed by atoms with E-state index >= 15 is 0 Å². The molecule has 108 valence electrons. The van der Waals surface area contributed by atoms with Gasteiger partial charge >= 0.3 is 0 Å². The van der Waals surface area contributed by atoms with E-state index in [-0.39, 0.29) is 4.90 Å². The molecule has 1 aromatic carbocycles. The van der Waals surface area contributed by atoms with E-state index in [1.54, 1.807) is 6.92 Å². The molecule has 0 aliphatic carbocycles. The van der Waals surface area contributed by atoms with Crippen molar-refractivity contribution in [3.05, 3.63) is 54.1 Å². The topological polar surface area (TPSA) is 51.1 Å². The number of aromatic nitrogens is 1. The lowest BCUT2D eigenvalue weighted by Gasteiger charge is -2.08. The molecule has 0 fully saturated rings. The van der Waals surface area contributed by atoms with Crippen molar-refractivity contribution in [1.29, 1.82) is 0 Å². The molecule has 0 saturated carbocycles. The average molecular weight is 296 g/mol. The molecule has 0 aliphatic heterocycles. The molecule has 1 N–H and O–H groups in total. The van der Waals surface area contributed by atoms with Gasteiger partial charge in [0.2, 0.25) is 10.0 Å². The van der Waals surface area contributed by atoms with Gasteiger partial charge in [0.05, 0.1) is 4.90 Å². The van der Waals surface area contributed by atoms with Crippen LogP contribution in [0.15, 0.2) is 47.6 Å². The van der Waals surface area contributed by atoms with Crippen molar-refractivity contribution in [2.75, 3.05) is 6.54 Å². The molecule has 2 rings (SSSR count). The van der Waals surface area contributed by atoms with Crippen molar-refractivity contribution in [2.24, 2.45) is 0 Å². The van der Waals surface area contributed by atoms with E-state index in [0.717, 1.165) is 6.54 Å². The first-order valence-corrected chi connectivity index (χ1v) is 7.84. The van der Waals surface area contributed by atoms with Crippen LogP contribution in [0.5, 0.6) is 0 Å². The highest BCUT2D eigenvalue weighted by atomic mass is 32.2. The maximum Gasteiger partial charge on any atom is 0.240 e. The Morgan fingerprint density at radius 3 is 2.60 bits per heavy atom. The third kappa shape index (κ3) is 3.68. The van der Waals surface area contributed by atoms with Crippen molar-refractivity contribution in [1.82, 2.24) is 9.29 Å². The Balaban J connectivity index is 1.92. The molecule has 0 radical (unpaired) electrons. The number of rotatable bonds is 6. The molecular formula is C14H17FN2O2S. The number of hydrogen-bond acceptors (Lipinski definition) is 2. The fourth-order valence-electron chi connectivity index (χ4n) is 1.86. The third-order valence-corrected chi connectivity index (χ3v) is 4.45. The Labute approximate surface area is 118 Å². The van der Waals surface area contributed by atoms with Crippen LogP contribution in [0, 0.1) is 12.7 Å². The van der Waals surface area contributed by atoms with E-state index in [1.807, 2.05) is 29.1 Å². The van der Waals surface area contributed by atoms with Gasteiger partial charge in [-0.25, -0.2) is 17.5 Å². The summed E-state index contributed by atoms with van der Waals surface area (Å²) >= 11 is 0. The largest absolute Gasteiger partial charge is 0.354 e. The maximum atomic E-state index is 13.1. The van der Waals surface area contributed by atoms with Gasteiger partial charge in [-0.2, -0.15) is 0 Å². The Morgan fingerprint density at radius 1 is 1.25 bits per heavy atom. The minimum Gasteiger partial charge on any atom is -0.354 e. The fourth-order valence-corrected chi connectivity index (χ4v) is 3.01. The first-order chi connectivity index (χ1) is 9.49. The zero-order chi connectivity index (χ0) is 14.6. The summed E-state index contributed by atoms with van der Waals surface area (Å²) in [7, 11) is -3.57. The minimum absolute atomic E-state index is 0.0948. The summed E-state index contributed by atoms with van der Waals surface area (Å²) in [5, 5.41) is 0. The van der Waals surface area contributed by atoms with Crippen molar-refractivity contribution in [3.8, 4) is 0 Å². The standard InChI is InChI=1S/C14H17FN2O2S/c1-12-11-13(5-6-14(12)15)20(18,19)16-7-4-10-17-8-2-3-9-17/h2-3,5-6,8-9,11,16H,4,7,10H2,1H3. The molecular weight excluding hydrogens is 279 g/mol. The van der Waals surface area contributed by atoms with E-state index in [9.17, 15) is 12.8 Å². The van der Waals surface area contributed by atoms with E-state index < -0.39 is 15.8 Å². The lowest BCUT2D eigenvalue weighted by atomic mass is 10.2. The third-order valence-electron chi connectivity index (χ3n) is 2.99. The molecule has 4 nitrogen and oxygen atoms in total. The van der Waals surface area contributed by atoms with Crippen LogP contribution >= 0.6 is 0 Å². The van der Waals surface area contributed by atoms with Crippen LogP contribution in [-0.4, -0.2) is 19.5 Å². The summed E-state index contributed by atoms with van der Waals surface area (Å²) in [6.45, 7) is 2.63. The van der Waals surface area contributed by atoms with Gasteiger partial charge in [0, 0.05) is 25.5 Å². The van der Waals surface area contributed by atoms with Gasteiger partial charge < -0.3 is 4.57 Å².